The number of nitrogens with zero attached hydrogens (tertiary/aromatic N) is 2. The molecule has 1 aliphatic rings. The molecule has 4 nitrogen and oxygen atoms in total. The summed E-state index contributed by atoms with van der Waals surface area (Å²) in [4.78, 5) is 1.94. The molecule has 0 atom stereocenters. The van der Waals surface area contributed by atoms with Crippen LogP contribution in [0.15, 0.2) is 23.3 Å². The van der Waals surface area contributed by atoms with E-state index >= 15 is 0 Å². The number of nitriles is 1. The maximum atomic E-state index is 10.5. The fourth-order valence-electron chi connectivity index (χ4n) is 1.46. The molecule has 0 aromatic heterocycles. The summed E-state index contributed by atoms with van der Waals surface area (Å²) in [5, 5.41) is 8.48. The zero-order valence-corrected chi connectivity index (χ0v) is 9.32. The quantitative estimate of drug-likeness (QED) is 0.443. The van der Waals surface area contributed by atoms with Crippen molar-refractivity contribution in [2.24, 2.45) is 0 Å². The van der Waals surface area contributed by atoms with Crippen LogP contribution in [0.25, 0.3) is 0 Å². The zero-order valence-electron chi connectivity index (χ0n) is 8.43. The Bertz CT molecular complexity index is 363. The number of likely N-dealkylation sites (tertiary alicyclic amines) is 1. The standard InChI is InChI=1S/C10H14N2O2S/c11-9-10(15(13)14)5-4-8-12-6-2-1-3-7-12/h4-5,8,15H,1-3,6-7H2/b8-4+,10-5+. The first kappa shape index (κ1) is 11.8. The van der Waals surface area contributed by atoms with Crippen molar-refractivity contribution in [3.8, 4) is 6.07 Å². The fraction of sp³-hybridized carbons (Fsp3) is 0.500. The van der Waals surface area contributed by atoms with Gasteiger partial charge in [-0.15, -0.1) is 0 Å². The van der Waals surface area contributed by atoms with E-state index in [9.17, 15) is 8.42 Å². The molecular weight excluding hydrogens is 212 g/mol. The summed E-state index contributed by atoms with van der Waals surface area (Å²) < 4.78 is 21.0. The van der Waals surface area contributed by atoms with Crippen molar-refractivity contribution in [2.75, 3.05) is 13.1 Å². The molecule has 0 unspecified atom stereocenters. The van der Waals surface area contributed by atoms with E-state index in [2.05, 4.69) is 4.90 Å². The Kier molecular flexibility index (Phi) is 4.91. The second-order valence-corrected chi connectivity index (χ2v) is 4.35. The van der Waals surface area contributed by atoms with Crippen LogP contribution < -0.4 is 0 Å². The normalized spacial score (nSPS) is 18.4. The second-order valence-electron chi connectivity index (χ2n) is 3.36. The summed E-state index contributed by atoms with van der Waals surface area (Å²) in [5.74, 6) is 0. The maximum Gasteiger partial charge on any atom is 0.178 e. The molecule has 82 valence electrons. The van der Waals surface area contributed by atoms with E-state index in [0.717, 1.165) is 13.1 Å². The average molecular weight is 226 g/mol. The lowest BCUT2D eigenvalue weighted by molar-refractivity contribution is 0.309. The lowest BCUT2D eigenvalue weighted by atomic mass is 10.1. The maximum absolute atomic E-state index is 10.5. The number of hydrogen-bond donors (Lipinski definition) is 1. The molecule has 0 bridgehead atoms. The molecule has 0 aromatic carbocycles. The van der Waals surface area contributed by atoms with Gasteiger partial charge in [-0.2, -0.15) is 5.26 Å². The molecule has 0 aliphatic carbocycles. The Labute approximate surface area is 91.4 Å². The number of allylic oxidation sites excluding steroid dienone is 3. The zero-order chi connectivity index (χ0) is 11.1. The van der Waals surface area contributed by atoms with Gasteiger partial charge in [-0.05, 0) is 37.6 Å². The second kappa shape index (κ2) is 6.25. The molecule has 0 spiro atoms. The minimum absolute atomic E-state index is 0.196. The molecule has 5 heteroatoms. The number of hydrogen-bond acceptors (Lipinski definition) is 4. The smallest absolute Gasteiger partial charge is 0.178 e. The third-order valence-electron chi connectivity index (χ3n) is 2.25. The van der Waals surface area contributed by atoms with Gasteiger partial charge in [0.15, 0.2) is 10.7 Å². The average Bonchev–Trinajstić information content (AvgIpc) is 2.25. The van der Waals surface area contributed by atoms with E-state index in [1.807, 2.05) is 6.20 Å². The van der Waals surface area contributed by atoms with Gasteiger partial charge in [-0.3, -0.25) is 0 Å². The van der Waals surface area contributed by atoms with Gasteiger partial charge in [0, 0.05) is 13.1 Å². The van der Waals surface area contributed by atoms with Crippen molar-refractivity contribution in [2.45, 2.75) is 19.3 Å². The molecule has 1 rings (SSSR count). The van der Waals surface area contributed by atoms with Crippen molar-refractivity contribution in [1.82, 2.24) is 4.90 Å². The van der Waals surface area contributed by atoms with E-state index in [-0.39, 0.29) is 4.91 Å². The summed E-state index contributed by atoms with van der Waals surface area (Å²) in [6.07, 6.45) is 8.41. The van der Waals surface area contributed by atoms with Crippen molar-refractivity contribution < 1.29 is 8.42 Å². The molecule has 1 heterocycles. The molecule has 0 amide bonds. The monoisotopic (exact) mass is 226 g/mol. The Hall–Kier alpha value is -1.28. The number of piperidine rings is 1. The van der Waals surface area contributed by atoms with E-state index < -0.39 is 10.7 Å². The van der Waals surface area contributed by atoms with Gasteiger partial charge in [0.25, 0.3) is 0 Å². The molecule has 0 radical (unpaired) electrons. The first-order valence-electron chi connectivity index (χ1n) is 4.91. The SMILES string of the molecule is N#C/C(=C\C=C\N1CCCCC1)[SH](=O)=O. The van der Waals surface area contributed by atoms with Crippen molar-refractivity contribution in [1.29, 1.82) is 5.26 Å². The van der Waals surface area contributed by atoms with Crippen LogP contribution in [0.3, 0.4) is 0 Å². The first-order valence-corrected chi connectivity index (χ1v) is 6.09. The van der Waals surface area contributed by atoms with Crippen LogP contribution in [0, 0.1) is 11.3 Å². The lowest BCUT2D eigenvalue weighted by Crippen LogP contribution is -2.23. The lowest BCUT2D eigenvalue weighted by Gasteiger charge is -2.24. The Morgan fingerprint density at radius 2 is 1.93 bits per heavy atom. The molecule has 1 saturated heterocycles. The van der Waals surface area contributed by atoms with E-state index in [1.54, 1.807) is 12.1 Å². The highest BCUT2D eigenvalue weighted by atomic mass is 32.2. The highest BCUT2D eigenvalue weighted by molar-refractivity contribution is 7.77. The molecule has 15 heavy (non-hydrogen) atoms. The topological polar surface area (TPSA) is 61.2 Å². The predicted molar refractivity (Wildman–Crippen MR) is 58.6 cm³/mol. The van der Waals surface area contributed by atoms with Gasteiger partial charge >= 0.3 is 0 Å². The van der Waals surface area contributed by atoms with Gasteiger partial charge in [0.1, 0.15) is 11.0 Å². The summed E-state index contributed by atoms with van der Waals surface area (Å²) >= 11 is 0. The number of thiol groups is 1. The summed E-state index contributed by atoms with van der Waals surface area (Å²) in [6.45, 7) is 2.02. The van der Waals surface area contributed by atoms with Crippen LogP contribution in [0.1, 0.15) is 19.3 Å². The molecular formula is C10H14N2O2S. The molecule has 0 aromatic rings. The Morgan fingerprint density at radius 1 is 1.27 bits per heavy atom. The van der Waals surface area contributed by atoms with E-state index in [4.69, 9.17) is 5.26 Å². The van der Waals surface area contributed by atoms with Gasteiger partial charge < -0.3 is 4.90 Å². The van der Waals surface area contributed by atoms with Crippen LogP contribution in [0.5, 0.6) is 0 Å². The van der Waals surface area contributed by atoms with Gasteiger partial charge in [0.2, 0.25) is 0 Å². The molecule has 0 saturated carbocycles. The number of rotatable bonds is 3. The summed E-state index contributed by atoms with van der Waals surface area (Å²) in [6, 6.07) is 1.63. The highest BCUT2D eigenvalue weighted by Gasteiger charge is 2.04. The van der Waals surface area contributed by atoms with Crippen LogP contribution in [0.4, 0.5) is 0 Å². The van der Waals surface area contributed by atoms with Crippen molar-refractivity contribution in [3.63, 3.8) is 0 Å². The summed E-state index contributed by atoms with van der Waals surface area (Å²) in [5.41, 5.74) is 0. The highest BCUT2D eigenvalue weighted by Crippen LogP contribution is 2.08. The molecule has 1 aliphatic heterocycles. The largest absolute Gasteiger partial charge is 0.377 e. The first-order chi connectivity index (χ1) is 7.24. The predicted octanol–water partition coefficient (Wildman–Crippen LogP) is 1.00. The van der Waals surface area contributed by atoms with Gasteiger partial charge in [0.05, 0.1) is 0 Å². The van der Waals surface area contributed by atoms with E-state index in [0.29, 0.717) is 0 Å². The summed E-state index contributed by atoms with van der Waals surface area (Å²) in [7, 11) is -2.76. The minimum atomic E-state index is -2.76. The fourth-order valence-corrected chi connectivity index (χ4v) is 1.75. The van der Waals surface area contributed by atoms with Crippen LogP contribution in [-0.4, -0.2) is 26.4 Å². The van der Waals surface area contributed by atoms with Crippen LogP contribution in [0.2, 0.25) is 0 Å². The van der Waals surface area contributed by atoms with Gasteiger partial charge in [-0.25, -0.2) is 8.42 Å². The minimum Gasteiger partial charge on any atom is -0.377 e. The molecule has 1 fully saturated rings. The molecule has 0 N–H and O–H groups in total. The van der Waals surface area contributed by atoms with Gasteiger partial charge in [-0.1, -0.05) is 0 Å². The van der Waals surface area contributed by atoms with Crippen LogP contribution >= 0.6 is 0 Å². The van der Waals surface area contributed by atoms with Crippen LogP contribution in [-0.2, 0) is 10.7 Å². The van der Waals surface area contributed by atoms with Crippen molar-refractivity contribution in [3.05, 3.63) is 23.3 Å². The Balaban J connectivity index is 2.53. The third kappa shape index (κ3) is 4.17. The van der Waals surface area contributed by atoms with E-state index in [1.165, 1.54) is 25.3 Å². The van der Waals surface area contributed by atoms with Crippen molar-refractivity contribution >= 4 is 10.7 Å². The Morgan fingerprint density at radius 3 is 2.47 bits per heavy atom. The third-order valence-corrected chi connectivity index (χ3v) is 2.90.